The number of hydrogen-bond acceptors (Lipinski definition) is 7. The van der Waals surface area contributed by atoms with Crippen LogP contribution in [0.25, 0.3) is 0 Å². The molecule has 196 valence electrons. The number of carbonyl (C=O) groups is 2. The van der Waals surface area contributed by atoms with E-state index in [1.54, 1.807) is 43.4 Å². The van der Waals surface area contributed by atoms with Crippen molar-refractivity contribution in [2.45, 2.75) is 45.4 Å². The van der Waals surface area contributed by atoms with Gasteiger partial charge >= 0.3 is 0 Å². The molecule has 9 heteroatoms. The summed E-state index contributed by atoms with van der Waals surface area (Å²) in [5, 5.41) is 3.50. The van der Waals surface area contributed by atoms with Crippen LogP contribution in [0, 0.1) is 19.8 Å². The van der Waals surface area contributed by atoms with Crippen LogP contribution in [0.5, 0.6) is 11.5 Å². The lowest BCUT2D eigenvalue weighted by Gasteiger charge is -2.33. The first-order valence-corrected chi connectivity index (χ1v) is 13.0. The van der Waals surface area contributed by atoms with E-state index in [1.807, 2.05) is 58.0 Å². The Morgan fingerprint density at radius 2 is 1.46 bits per heavy atom. The number of carbonyl (C=O) groups excluding carboxylic acids is 2. The molecule has 1 heterocycles. The Hall–Kier alpha value is -3.59. The molecular weight excluding hydrogens is 488 g/mol. The first-order chi connectivity index (χ1) is 17.7. The number of methoxy groups -OCH3 is 2. The third kappa shape index (κ3) is 7.95. The van der Waals surface area contributed by atoms with Crippen LogP contribution in [-0.4, -0.2) is 52.7 Å². The van der Waals surface area contributed by atoms with Crippen molar-refractivity contribution >= 4 is 29.3 Å². The van der Waals surface area contributed by atoms with Crippen LogP contribution in [0.15, 0.2) is 59.8 Å². The highest BCUT2D eigenvalue weighted by atomic mass is 32.2. The molecule has 37 heavy (non-hydrogen) atoms. The third-order valence-electron chi connectivity index (χ3n) is 5.71. The van der Waals surface area contributed by atoms with Gasteiger partial charge in [-0.05, 0) is 67.8 Å². The quantitative estimate of drug-likeness (QED) is 0.283. The van der Waals surface area contributed by atoms with Gasteiger partial charge in [0, 0.05) is 23.6 Å². The van der Waals surface area contributed by atoms with Gasteiger partial charge in [0.25, 0.3) is 0 Å². The molecule has 1 N–H and O–H groups in total. The molecule has 3 aromatic rings. The third-order valence-corrected chi connectivity index (χ3v) is 6.54. The van der Waals surface area contributed by atoms with Crippen LogP contribution in [0.1, 0.15) is 30.8 Å². The molecule has 1 aromatic heterocycles. The Labute approximate surface area is 222 Å². The normalized spacial score (nSPS) is 11.6. The number of ether oxygens (including phenoxy) is 2. The summed E-state index contributed by atoms with van der Waals surface area (Å²) in [5.74, 6) is 0.963. The summed E-state index contributed by atoms with van der Waals surface area (Å²) >= 11 is 1.27. The van der Waals surface area contributed by atoms with Crippen LogP contribution in [0.2, 0.25) is 0 Å². The number of nitrogens with zero attached hydrogens (tertiary/aromatic N) is 3. The first kappa shape index (κ1) is 28.0. The Balaban J connectivity index is 1.86. The van der Waals surface area contributed by atoms with Crippen LogP contribution in [0.3, 0.4) is 0 Å². The van der Waals surface area contributed by atoms with Crippen LogP contribution in [-0.2, 0) is 16.1 Å². The predicted octanol–water partition coefficient (Wildman–Crippen LogP) is 4.89. The fourth-order valence-corrected chi connectivity index (χ4v) is 4.77. The van der Waals surface area contributed by atoms with E-state index in [1.165, 1.54) is 11.8 Å². The minimum atomic E-state index is -0.697. The van der Waals surface area contributed by atoms with Crippen molar-refractivity contribution in [2.24, 2.45) is 5.92 Å². The van der Waals surface area contributed by atoms with Gasteiger partial charge in [-0.1, -0.05) is 37.7 Å². The smallest absolute Gasteiger partial charge is 0.247 e. The summed E-state index contributed by atoms with van der Waals surface area (Å²) < 4.78 is 10.5. The molecule has 3 rings (SSSR count). The van der Waals surface area contributed by atoms with Crippen molar-refractivity contribution in [2.75, 3.05) is 25.3 Å². The summed E-state index contributed by atoms with van der Waals surface area (Å²) in [4.78, 5) is 37.7. The lowest BCUT2D eigenvalue weighted by Crippen LogP contribution is -2.50. The molecular formula is C28H34N4O4S. The van der Waals surface area contributed by atoms with Crippen molar-refractivity contribution in [3.05, 3.63) is 71.5 Å². The number of rotatable bonds is 11. The van der Waals surface area contributed by atoms with E-state index in [9.17, 15) is 9.59 Å². The number of hydrogen-bond donors (Lipinski definition) is 1. The lowest BCUT2D eigenvalue weighted by atomic mass is 10.00. The number of thioether (sulfide) groups is 1. The SMILES string of the molecule is COc1ccc(CN(C(=O)CSc2nc(C)cc(C)n2)C(C(=O)Nc2ccc(OC)cc2)C(C)C)cc1. The Kier molecular flexibility index (Phi) is 9.91. The van der Waals surface area contributed by atoms with Crippen LogP contribution >= 0.6 is 11.8 Å². The van der Waals surface area contributed by atoms with Crippen molar-refractivity contribution in [3.8, 4) is 11.5 Å². The molecule has 2 amide bonds. The maximum absolute atomic E-state index is 13.6. The highest BCUT2D eigenvalue weighted by Crippen LogP contribution is 2.23. The zero-order valence-electron chi connectivity index (χ0n) is 22.1. The van der Waals surface area contributed by atoms with Gasteiger partial charge in [-0.3, -0.25) is 9.59 Å². The van der Waals surface area contributed by atoms with Gasteiger partial charge in [0.15, 0.2) is 5.16 Å². The van der Waals surface area contributed by atoms with Crippen molar-refractivity contribution < 1.29 is 19.1 Å². The summed E-state index contributed by atoms with van der Waals surface area (Å²) in [6.45, 7) is 7.94. The fourth-order valence-electron chi connectivity index (χ4n) is 3.93. The van der Waals surface area contributed by atoms with Gasteiger partial charge in [-0.2, -0.15) is 0 Å². The predicted molar refractivity (Wildman–Crippen MR) is 146 cm³/mol. The molecule has 0 aliphatic carbocycles. The molecule has 1 atom stereocenters. The fraction of sp³-hybridized carbons (Fsp3) is 0.357. The highest BCUT2D eigenvalue weighted by molar-refractivity contribution is 7.99. The second-order valence-electron chi connectivity index (χ2n) is 9.00. The maximum Gasteiger partial charge on any atom is 0.247 e. The van der Waals surface area contributed by atoms with Crippen molar-refractivity contribution in [3.63, 3.8) is 0 Å². The second kappa shape index (κ2) is 13.1. The Morgan fingerprint density at radius 3 is 1.97 bits per heavy atom. The molecule has 1 unspecified atom stereocenters. The van der Waals surface area contributed by atoms with Gasteiger partial charge in [0.1, 0.15) is 17.5 Å². The summed E-state index contributed by atoms with van der Waals surface area (Å²) in [7, 11) is 3.20. The average molecular weight is 523 g/mol. The van der Waals surface area contributed by atoms with E-state index in [4.69, 9.17) is 9.47 Å². The molecule has 0 radical (unpaired) electrons. The Bertz CT molecular complexity index is 1180. The van der Waals surface area contributed by atoms with Crippen molar-refractivity contribution in [1.29, 1.82) is 0 Å². The number of amides is 2. The van der Waals surface area contributed by atoms with E-state index in [0.717, 1.165) is 22.7 Å². The highest BCUT2D eigenvalue weighted by Gasteiger charge is 2.33. The van der Waals surface area contributed by atoms with E-state index in [0.29, 0.717) is 16.6 Å². The van der Waals surface area contributed by atoms with Gasteiger partial charge < -0.3 is 19.7 Å². The number of anilines is 1. The molecule has 0 spiro atoms. The number of aryl methyl sites for hydroxylation is 2. The molecule has 0 aliphatic rings. The molecule has 8 nitrogen and oxygen atoms in total. The van der Waals surface area contributed by atoms with Crippen LogP contribution < -0.4 is 14.8 Å². The number of aromatic nitrogens is 2. The monoisotopic (exact) mass is 522 g/mol. The molecule has 2 aromatic carbocycles. The number of benzene rings is 2. The molecule has 0 saturated heterocycles. The standard InChI is InChI=1S/C28H34N4O4S/c1-18(2)26(27(34)31-22-9-13-24(36-6)14-10-22)32(16-21-7-11-23(35-5)12-8-21)25(33)17-37-28-29-19(3)15-20(4)30-28/h7-15,18,26H,16-17H2,1-6H3,(H,31,34). The zero-order chi connectivity index (χ0) is 26.9. The van der Waals surface area contributed by atoms with Gasteiger partial charge in [-0.25, -0.2) is 9.97 Å². The maximum atomic E-state index is 13.6. The Morgan fingerprint density at radius 1 is 0.919 bits per heavy atom. The van der Waals surface area contributed by atoms with E-state index >= 15 is 0 Å². The van der Waals surface area contributed by atoms with E-state index in [2.05, 4.69) is 15.3 Å². The second-order valence-corrected chi connectivity index (χ2v) is 9.94. The van der Waals surface area contributed by atoms with Gasteiger partial charge in [-0.15, -0.1) is 0 Å². The van der Waals surface area contributed by atoms with E-state index in [-0.39, 0.29) is 30.0 Å². The topological polar surface area (TPSA) is 93.7 Å². The largest absolute Gasteiger partial charge is 0.497 e. The molecule has 0 saturated carbocycles. The first-order valence-electron chi connectivity index (χ1n) is 12.0. The lowest BCUT2D eigenvalue weighted by molar-refractivity contribution is -0.138. The minimum absolute atomic E-state index is 0.109. The summed E-state index contributed by atoms with van der Waals surface area (Å²) in [6.07, 6.45) is 0. The minimum Gasteiger partial charge on any atom is -0.497 e. The molecule has 0 fully saturated rings. The van der Waals surface area contributed by atoms with Gasteiger partial charge in [0.2, 0.25) is 11.8 Å². The number of nitrogens with one attached hydrogen (secondary N) is 1. The van der Waals surface area contributed by atoms with Crippen LogP contribution in [0.4, 0.5) is 5.69 Å². The van der Waals surface area contributed by atoms with E-state index < -0.39 is 6.04 Å². The molecule has 0 bridgehead atoms. The van der Waals surface area contributed by atoms with Gasteiger partial charge in [0.05, 0.1) is 20.0 Å². The summed E-state index contributed by atoms with van der Waals surface area (Å²) in [6, 6.07) is 15.8. The summed E-state index contributed by atoms with van der Waals surface area (Å²) in [5.41, 5.74) is 3.21. The molecule has 0 aliphatic heterocycles. The average Bonchev–Trinajstić information content (AvgIpc) is 2.87. The zero-order valence-corrected chi connectivity index (χ0v) is 23.0. The van der Waals surface area contributed by atoms with Crippen molar-refractivity contribution in [1.82, 2.24) is 14.9 Å².